The highest BCUT2D eigenvalue weighted by atomic mass is 16.5. The number of carbonyl (C=O) groups excluding carboxylic acids is 2. The van der Waals surface area contributed by atoms with Crippen LogP contribution in [0.15, 0.2) is 12.4 Å². The third-order valence-corrected chi connectivity index (χ3v) is 2.37. The molecule has 1 aromatic rings. The predicted octanol–water partition coefficient (Wildman–Crippen LogP) is 1.06. The number of carbonyl (C=O) groups is 2. The number of hydrogen-bond acceptors (Lipinski definition) is 5. The van der Waals surface area contributed by atoms with Gasteiger partial charge in [0.25, 0.3) is 0 Å². The minimum atomic E-state index is -0.879. The van der Waals surface area contributed by atoms with Gasteiger partial charge in [0.2, 0.25) is 0 Å². The molecule has 0 radical (unpaired) electrons. The molecule has 0 fully saturated rings. The molecule has 5 heteroatoms. The van der Waals surface area contributed by atoms with Crippen LogP contribution in [0.2, 0.25) is 0 Å². The van der Waals surface area contributed by atoms with Crippen molar-refractivity contribution in [2.45, 2.75) is 32.6 Å². The van der Waals surface area contributed by atoms with Crippen LogP contribution >= 0.6 is 0 Å². The smallest absolute Gasteiger partial charge is 0.319 e. The molecule has 0 spiro atoms. The summed E-state index contributed by atoms with van der Waals surface area (Å²) in [5, 5.41) is 0. The maximum atomic E-state index is 11.7. The Hall–Kier alpha value is -1.78. The second kappa shape index (κ2) is 5.52. The quantitative estimate of drug-likeness (QED) is 0.564. The summed E-state index contributed by atoms with van der Waals surface area (Å²) in [5.74, 6) is 0.0359. The molecule has 0 aromatic carbocycles. The minimum absolute atomic E-state index is 0.278. The van der Waals surface area contributed by atoms with Crippen molar-refractivity contribution in [3.63, 3.8) is 0 Å². The number of aldehydes is 1. The molecule has 0 atom stereocenters. The Bertz CT molecular complexity index is 399. The summed E-state index contributed by atoms with van der Waals surface area (Å²) in [6.07, 6.45) is 4.17. The summed E-state index contributed by atoms with van der Waals surface area (Å²) in [4.78, 5) is 30.2. The lowest BCUT2D eigenvalue weighted by molar-refractivity contribution is -0.149. The van der Waals surface area contributed by atoms with Gasteiger partial charge in [0.15, 0.2) is 0 Å². The molecule has 0 amide bonds. The van der Waals surface area contributed by atoms with Gasteiger partial charge in [0.1, 0.15) is 17.5 Å². The standard InChI is InChI=1S/C12H16N2O3/c1-4-17-11(16)12(2,3)10-13-7-9(5-6-15)8-14-10/h6-8H,4-5H2,1-3H3. The van der Waals surface area contributed by atoms with E-state index < -0.39 is 5.41 Å². The first-order valence-electron chi connectivity index (χ1n) is 5.44. The zero-order chi connectivity index (χ0) is 12.9. The molecule has 0 N–H and O–H groups in total. The molecule has 0 saturated heterocycles. The van der Waals surface area contributed by atoms with Gasteiger partial charge < -0.3 is 9.53 Å². The van der Waals surface area contributed by atoms with Gasteiger partial charge in [-0.05, 0) is 26.3 Å². The van der Waals surface area contributed by atoms with Gasteiger partial charge in [-0.3, -0.25) is 4.79 Å². The Morgan fingerprint density at radius 2 is 2.00 bits per heavy atom. The molecule has 92 valence electrons. The molecule has 1 heterocycles. The SMILES string of the molecule is CCOC(=O)C(C)(C)c1ncc(CC=O)cn1. The summed E-state index contributed by atoms with van der Waals surface area (Å²) in [5.41, 5.74) is -0.154. The van der Waals surface area contributed by atoms with Gasteiger partial charge in [-0.2, -0.15) is 0 Å². The summed E-state index contributed by atoms with van der Waals surface area (Å²) in [7, 11) is 0. The fourth-order valence-electron chi connectivity index (χ4n) is 1.28. The van der Waals surface area contributed by atoms with Crippen molar-refractivity contribution in [1.29, 1.82) is 0 Å². The first kappa shape index (κ1) is 13.3. The fraction of sp³-hybridized carbons (Fsp3) is 0.500. The van der Waals surface area contributed by atoms with Crippen molar-refractivity contribution in [2.24, 2.45) is 0 Å². The van der Waals surface area contributed by atoms with Crippen LogP contribution in [0.3, 0.4) is 0 Å². The van der Waals surface area contributed by atoms with Crippen LogP contribution in [0.1, 0.15) is 32.2 Å². The van der Waals surface area contributed by atoms with E-state index in [1.165, 1.54) is 0 Å². The molecule has 0 unspecified atom stereocenters. The molecule has 0 aliphatic rings. The molecule has 0 aliphatic carbocycles. The van der Waals surface area contributed by atoms with Crippen molar-refractivity contribution in [3.05, 3.63) is 23.8 Å². The van der Waals surface area contributed by atoms with E-state index in [2.05, 4.69) is 9.97 Å². The fourth-order valence-corrected chi connectivity index (χ4v) is 1.28. The average molecular weight is 236 g/mol. The van der Waals surface area contributed by atoms with E-state index in [0.29, 0.717) is 12.4 Å². The molecule has 1 rings (SSSR count). The predicted molar refractivity (Wildman–Crippen MR) is 61.5 cm³/mol. The zero-order valence-electron chi connectivity index (χ0n) is 10.3. The highest BCUT2D eigenvalue weighted by molar-refractivity contribution is 5.80. The van der Waals surface area contributed by atoms with E-state index in [-0.39, 0.29) is 12.4 Å². The monoisotopic (exact) mass is 236 g/mol. The van der Waals surface area contributed by atoms with E-state index in [9.17, 15) is 9.59 Å². The number of nitrogens with zero attached hydrogens (tertiary/aromatic N) is 2. The Morgan fingerprint density at radius 3 is 2.47 bits per heavy atom. The van der Waals surface area contributed by atoms with Gasteiger partial charge in [0.05, 0.1) is 6.61 Å². The minimum Gasteiger partial charge on any atom is -0.465 e. The lowest BCUT2D eigenvalue weighted by atomic mass is 9.92. The Balaban J connectivity index is 2.91. The molecule has 5 nitrogen and oxygen atoms in total. The van der Waals surface area contributed by atoms with Crippen LogP contribution in [0.4, 0.5) is 0 Å². The summed E-state index contributed by atoms with van der Waals surface area (Å²) in [6.45, 7) is 5.49. The number of ether oxygens (including phenoxy) is 1. The van der Waals surface area contributed by atoms with Crippen molar-refractivity contribution >= 4 is 12.3 Å². The number of rotatable bonds is 5. The largest absolute Gasteiger partial charge is 0.465 e. The van der Waals surface area contributed by atoms with Gasteiger partial charge in [-0.15, -0.1) is 0 Å². The molecular weight excluding hydrogens is 220 g/mol. The highest BCUT2D eigenvalue weighted by Gasteiger charge is 2.34. The molecule has 17 heavy (non-hydrogen) atoms. The maximum Gasteiger partial charge on any atom is 0.319 e. The van der Waals surface area contributed by atoms with Crippen molar-refractivity contribution in [3.8, 4) is 0 Å². The average Bonchev–Trinajstić information content (AvgIpc) is 2.30. The summed E-state index contributed by atoms with van der Waals surface area (Å²) >= 11 is 0. The second-order valence-electron chi connectivity index (χ2n) is 4.13. The first-order chi connectivity index (χ1) is 8.02. The van der Waals surface area contributed by atoms with Crippen LogP contribution in [0, 0.1) is 0 Å². The van der Waals surface area contributed by atoms with Crippen molar-refractivity contribution in [2.75, 3.05) is 6.61 Å². The Kier molecular flexibility index (Phi) is 4.31. The molecular formula is C12H16N2O3. The van der Waals surface area contributed by atoms with Crippen LogP contribution < -0.4 is 0 Å². The number of hydrogen-bond donors (Lipinski definition) is 0. The van der Waals surface area contributed by atoms with Crippen LogP contribution in [-0.2, 0) is 26.2 Å². The maximum absolute atomic E-state index is 11.7. The van der Waals surface area contributed by atoms with Crippen LogP contribution in [0.25, 0.3) is 0 Å². The van der Waals surface area contributed by atoms with Crippen LogP contribution in [-0.4, -0.2) is 28.8 Å². The third kappa shape index (κ3) is 3.09. The number of aromatic nitrogens is 2. The van der Waals surface area contributed by atoms with Gasteiger partial charge in [0, 0.05) is 18.8 Å². The zero-order valence-corrected chi connectivity index (χ0v) is 10.3. The van der Waals surface area contributed by atoms with Gasteiger partial charge >= 0.3 is 5.97 Å². The van der Waals surface area contributed by atoms with Crippen molar-refractivity contribution in [1.82, 2.24) is 9.97 Å². The molecule has 0 saturated carbocycles. The lowest BCUT2D eigenvalue weighted by Gasteiger charge is -2.20. The highest BCUT2D eigenvalue weighted by Crippen LogP contribution is 2.20. The third-order valence-electron chi connectivity index (χ3n) is 2.37. The van der Waals surface area contributed by atoms with Crippen LogP contribution in [0.5, 0.6) is 0 Å². The lowest BCUT2D eigenvalue weighted by Crippen LogP contribution is -2.33. The van der Waals surface area contributed by atoms with Crippen molar-refractivity contribution < 1.29 is 14.3 Å². The second-order valence-corrected chi connectivity index (χ2v) is 4.13. The van der Waals surface area contributed by atoms with E-state index in [1.54, 1.807) is 33.2 Å². The Labute approximate surface area is 100 Å². The molecule has 1 aromatic heterocycles. The van der Waals surface area contributed by atoms with Gasteiger partial charge in [-0.1, -0.05) is 0 Å². The normalized spacial score (nSPS) is 11.0. The topological polar surface area (TPSA) is 69.2 Å². The van der Waals surface area contributed by atoms with E-state index in [4.69, 9.17) is 4.74 Å². The van der Waals surface area contributed by atoms with Gasteiger partial charge in [-0.25, -0.2) is 9.97 Å². The van der Waals surface area contributed by atoms with E-state index in [1.807, 2.05) is 0 Å². The van der Waals surface area contributed by atoms with E-state index in [0.717, 1.165) is 11.8 Å². The summed E-state index contributed by atoms with van der Waals surface area (Å²) in [6, 6.07) is 0. The number of esters is 1. The molecule has 0 aliphatic heterocycles. The molecule has 0 bridgehead atoms. The Morgan fingerprint density at radius 1 is 1.41 bits per heavy atom. The van der Waals surface area contributed by atoms with E-state index >= 15 is 0 Å². The first-order valence-corrected chi connectivity index (χ1v) is 5.44. The summed E-state index contributed by atoms with van der Waals surface area (Å²) < 4.78 is 4.96.